The molecule has 0 aliphatic heterocycles. The van der Waals surface area contributed by atoms with Crippen LogP contribution >= 0.6 is 0 Å². The van der Waals surface area contributed by atoms with Crippen LogP contribution in [0.2, 0.25) is 0 Å². The smallest absolute Gasteiger partial charge is 0.405 e. The highest BCUT2D eigenvalue weighted by atomic mass is 19.4. The Kier molecular flexibility index (Phi) is 3.60. The van der Waals surface area contributed by atoms with Crippen molar-refractivity contribution in [3.05, 3.63) is 48.2 Å². The zero-order valence-electron chi connectivity index (χ0n) is 10.0. The molecule has 7 heteroatoms. The number of carbonyl (C=O) groups is 1. The Balaban J connectivity index is 2.56. The van der Waals surface area contributed by atoms with E-state index in [-0.39, 0.29) is 16.8 Å². The summed E-state index contributed by atoms with van der Waals surface area (Å²) in [4.78, 5) is 15.2. The fraction of sp³-hybridized carbons (Fsp3) is 0.0769. The predicted molar refractivity (Wildman–Crippen MR) is 64.9 cm³/mol. The number of halogens is 3. The maximum atomic E-state index is 12.4. The van der Waals surface area contributed by atoms with Gasteiger partial charge in [0.05, 0.1) is 11.3 Å². The summed E-state index contributed by atoms with van der Waals surface area (Å²) >= 11 is 0. The van der Waals surface area contributed by atoms with Gasteiger partial charge in [0.15, 0.2) is 0 Å². The summed E-state index contributed by atoms with van der Waals surface area (Å²) in [5, 5.41) is 0. The van der Waals surface area contributed by atoms with Crippen molar-refractivity contribution in [2.75, 3.05) is 0 Å². The van der Waals surface area contributed by atoms with Gasteiger partial charge in [-0.15, -0.1) is 13.2 Å². The Bertz CT molecular complexity index is 642. The number of alkyl halides is 3. The number of ether oxygens (including phenoxy) is 1. The van der Waals surface area contributed by atoms with Crippen molar-refractivity contribution in [3.8, 4) is 17.0 Å². The minimum Gasteiger partial charge on any atom is -0.405 e. The van der Waals surface area contributed by atoms with Gasteiger partial charge >= 0.3 is 6.36 Å². The number of primary amides is 1. The first kappa shape index (κ1) is 13.9. The lowest BCUT2D eigenvalue weighted by molar-refractivity contribution is -0.274. The van der Waals surface area contributed by atoms with Crippen LogP contribution in [-0.2, 0) is 0 Å². The SMILES string of the molecule is NC(=O)c1cccnc1-c1ccccc1OC(F)(F)F. The summed E-state index contributed by atoms with van der Waals surface area (Å²) in [6, 6.07) is 8.26. The van der Waals surface area contributed by atoms with Gasteiger partial charge < -0.3 is 10.5 Å². The average molecular weight is 282 g/mol. The molecule has 0 bridgehead atoms. The number of carbonyl (C=O) groups excluding carboxylic acids is 1. The van der Waals surface area contributed by atoms with Crippen LogP contribution in [-0.4, -0.2) is 17.3 Å². The Morgan fingerprint density at radius 2 is 1.85 bits per heavy atom. The summed E-state index contributed by atoms with van der Waals surface area (Å²) < 4.78 is 41.0. The van der Waals surface area contributed by atoms with Gasteiger partial charge in [-0.1, -0.05) is 12.1 Å². The lowest BCUT2D eigenvalue weighted by Crippen LogP contribution is -2.18. The molecule has 0 atom stereocenters. The zero-order chi connectivity index (χ0) is 14.8. The van der Waals surface area contributed by atoms with Gasteiger partial charge in [-0.2, -0.15) is 0 Å². The monoisotopic (exact) mass is 282 g/mol. The Morgan fingerprint density at radius 1 is 1.15 bits per heavy atom. The Hall–Kier alpha value is -2.57. The standard InChI is InChI=1S/C13H9F3N2O2/c14-13(15,16)20-10-6-2-1-4-8(10)11-9(12(17)19)5-3-7-18-11/h1-7H,(H2,17,19). The number of hydrogen-bond acceptors (Lipinski definition) is 3. The number of rotatable bonds is 3. The van der Waals surface area contributed by atoms with Gasteiger partial charge in [0.2, 0.25) is 0 Å². The number of nitrogens with two attached hydrogens (primary N) is 1. The van der Waals surface area contributed by atoms with Crippen LogP contribution in [0, 0.1) is 0 Å². The van der Waals surface area contributed by atoms with Gasteiger partial charge in [0.25, 0.3) is 5.91 Å². The average Bonchev–Trinajstić information content (AvgIpc) is 2.37. The summed E-state index contributed by atoms with van der Waals surface area (Å²) in [5.41, 5.74) is 5.29. The van der Waals surface area contributed by atoms with E-state index in [0.29, 0.717) is 0 Å². The maximum Gasteiger partial charge on any atom is 0.573 e. The van der Waals surface area contributed by atoms with Gasteiger partial charge in [-0.3, -0.25) is 9.78 Å². The second-order valence-electron chi connectivity index (χ2n) is 3.81. The lowest BCUT2D eigenvalue weighted by Gasteiger charge is -2.13. The predicted octanol–water partition coefficient (Wildman–Crippen LogP) is 2.75. The number of benzene rings is 1. The fourth-order valence-electron chi connectivity index (χ4n) is 1.69. The summed E-state index contributed by atoms with van der Waals surface area (Å²) in [6.07, 6.45) is -3.48. The molecule has 1 amide bonds. The van der Waals surface area contributed by atoms with E-state index in [9.17, 15) is 18.0 Å². The largest absolute Gasteiger partial charge is 0.573 e. The molecule has 2 aromatic rings. The van der Waals surface area contributed by atoms with Crippen molar-refractivity contribution in [3.63, 3.8) is 0 Å². The third-order valence-electron chi connectivity index (χ3n) is 2.44. The van der Waals surface area contributed by atoms with E-state index in [1.807, 2.05) is 0 Å². The highest BCUT2D eigenvalue weighted by Crippen LogP contribution is 2.33. The summed E-state index contributed by atoms with van der Waals surface area (Å²) in [7, 11) is 0. The van der Waals surface area contributed by atoms with Gasteiger partial charge in [-0.25, -0.2) is 0 Å². The number of nitrogens with zero attached hydrogens (tertiary/aromatic N) is 1. The number of para-hydroxylation sites is 1. The van der Waals surface area contributed by atoms with Crippen molar-refractivity contribution >= 4 is 5.91 Å². The van der Waals surface area contributed by atoms with E-state index < -0.39 is 18.0 Å². The Labute approximate surface area is 112 Å². The molecular formula is C13H9F3N2O2. The van der Waals surface area contributed by atoms with Crippen LogP contribution < -0.4 is 10.5 Å². The minimum absolute atomic E-state index is 0.0192. The second-order valence-corrected chi connectivity index (χ2v) is 3.81. The van der Waals surface area contributed by atoms with Gasteiger partial charge in [-0.05, 0) is 24.3 Å². The maximum absolute atomic E-state index is 12.4. The molecule has 4 nitrogen and oxygen atoms in total. The third kappa shape index (κ3) is 3.05. The molecule has 1 aromatic heterocycles. The highest BCUT2D eigenvalue weighted by molar-refractivity contribution is 5.99. The van der Waals surface area contributed by atoms with E-state index >= 15 is 0 Å². The molecule has 0 fully saturated rings. The Morgan fingerprint density at radius 3 is 2.50 bits per heavy atom. The van der Waals surface area contributed by atoms with E-state index in [1.54, 1.807) is 0 Å². The van der Waals surface area contributed by atoms with E-state index in [4.69, 9.17) is 5.73 Å². The van der Waals surface area contributed by atoms with Crippen LogP contribution in [0.3, 0.4) is 0 Å². The molecule has 2 N–H and O–H groups in total. The van der Waals surface area contributed by atoms with Crippen molar-refractivity contribution < 1.29 is 22.7 Å². The molecule has 0 spiro atoms. The van der Waals surface area contributed by atoms with Crippen molar-refractivity contribution in [1.82, 2.24) is 4.98 Å². The molecule has 1 heterocycles. The summed E-state index contributed by atoms with van der Waals surface area (Å²) in [5.74, 6) is -1.23. The van der Waals surface area contributed by atoms with Crippen LogP contribution in [0.4, 0.5) is 13.2 Å². The van der Waals surface area contributed by atoms with Crippen molar-refractivity contribution in [2.24, 2.45) is 5.73 Å². The van der Waals surface area contributed by atoms with E-state index in [2.05, 4.69) is 9.72 Å². The van der Waals surface area contributed by atoms with Crippen molar-refractivity contribution in [2.45, 2.75) is 6.36 Å². The third-order valence-corrected chi connectivity index (χ3v) is 2.44. The molecule has 20 heavy (non-hydrogen) atoms. The van der Waals surface area contributed by atoms with Crippen LogP contribution in [0.15, 0.2) is 42.6 Å². The molecule has 0 radical (unpaired) electrons. The van der Waals surface area contributed by atoms with Gasteiger partial charge in [0, 0.05) is 11.8 Å². The molecule has 1 aromatic carbocycles. The molecular weight excluding hydrogens is 273 g/mol. The lowest BCUT2D eigenvalue weighted by atomic mass is 10.0. The molecule has 0 aliphatic rings. The van der Waals surface area contributed by atoms with Crippen molar-refractivity contribution in [1.29, 1.82) is 0 Å². The summed E-state index contributed by atoms with van der Waals surface area (Å²) in [6.45, 7) is 0. The first-order chi connectivity index (χ1) is 9.38. The van der Waals surface area contributed by atoms with E-state index in [1.165, 1.54) is 36.5 Å². The van der Waals surface area contributed by atoms with Crippen LogP contribution in [0.25, 0.3) is 11.3 Å². The van der Waals surface area contributed by atoms with E-state index in [0.717, 1.165) is 6.07 Å². The normalized spacial score (nSPS) is 11.2. The molecule has 0 unspecified atom stereocenters. The quantitative estimate of drug-likeness (QED) is 0.941. The number of aromatic nitrogens is 1. The van der Waals surface area contributed by atoms with Crippen LogP contribution in [0.1, 0.15) is 10.4 Å². The van der Waals surface area contributed by atoms with Crippen LogP contribution in [0.5, 0.6) is 5.75 Å². The minimum atomic E-state index is -4.84. The molecule has 2 rings (SSSR count). The number of amides is 1. The molecule has 0 saturated heterocycles. The second kappa shape index (κ2) is 5.20. The first-order valence-corrected chi connectivity index (χ1v) is 5.48. The molecule has 0 aliphatic carbocycles. The molecule has 104 valence electrons. The van der Waals surface area contributed by atoms with Gasteiger partial charge in [0.1, 0.15) is 5.75 Å². The number of pyridine rings is 1. The topological polar surface area (TPSA) is 65.2 Å². The number of hydrogen-bond donors (Lipinski definition) is 1. The highest BCUT2D eigenvalue weighted by Gasteiger charge is 2.32. The molecule has 0 saturated carbocycles. The fourth-order valence-corrected chi connectivity index (χ4v) is 1.69. The zero-order valence-corrected chi connectivity index (χ0v) is 10.0. The first-order valence-electron chi connectivity index (χ1n) is 5.48.